The first-order valence-electron chi connectivity index (χ1n) is 19.0. The Morgan fingerprint density at radius 3 is 0.615 bits per heavy atom. The molecule has 18 nitrogen and oxygen atoms in total. The van der Waals surface area contributed by atoms with E-state index in [1.807, 2.05) is 0 Å². The smallest absolute Gasteiger partial charge is 0.546 e. The van der Waals surface area contributed by atoms with Crippen LogP contribution in [-0.2, 0) is 40.3 Å². The predicted octanol–water partition coefficient (Wildman–Crippen LogP) is 3.80. The summed E-state index contributed by atoms with van der Waals surface area (Å²) in [5, 5.41) is 43.3. The van der Waals surface area contributed by atoms with Gasteiger partial charge in [-0.3, -0.25) is 0 Å². The third kappa shape index (κ3) is 19.9. The maximum absolute atomic E-state index is 11.3. The molecule has 0 atom stereocenters. The van der Waals surface area contributed by atoms with Crippen molar-refractivity contribution < 1.29 is 49.5 Å². The van der Waals surface area contributed by atoms with Crippen LogP contribution in [0.1, 0.15) is 22.3 Å². The summed E-state index contributed by atoms with van der Waals surface area (Å²) in [4.78, 5) is 61.0. The number of H-pyrrole nitrogens is 6. The molecule has 0 unspecified atom stereocenters. The number of hydrogen-bond acceptors (Lipinski definition) is 12. The van der Waals surface area contributed by atoms with Gasteiger partial charge in [0.15, 0.2) is 11.2 Å². The third-order valence-corrected chi connectivity index (χ3v) is 7.79. The predicted molar refractivity (Wildman–Crippen MR) is 233 cm³/mol. The van der Waals surface area contributed by atoms with Gasteiger partial charge in [0.25, 0.3) is 0 Å². The van der Waals surface area contributed by atoms with Crippen LogP contribution >= 0.6 is 0 Å². The summed E-state index contributed by atoms with van der Waals surface area (Å²) in [5.74, 6) is -3.06. The van der Waals surface area contributed by atoms with E-state index in [1.165, 1.54) is 0 Å². The number of nitrogens with zero attached hydrogens (tertiary/aromatic N) is 6. The molecule has 0 radical (unpaired) electrons. The average molecular weight is 928 g/mol. The molecule has 0 bridgehead atoms. The minimum absolute atomic E-state index is 0. The van der Waals surface area contributed by atoms with E-state index in [1.54, 1.807) is 234 Å². The van der Waals surface area contributed by atoms with Gasteiger partial charge in [0.2, 0.25) is 0 Å². The second kappa shape index (κ2) is 32.4. The molecule has 0 saturated carbocycles. The Hall–Kier alpha value is -8.38. The normalized spacial score (nSPS) is 9.51. The first-order chi connectivity index (χ1) is 31.3. The molecule has 8 N–H and O–H groups in total. The van der Waals surface area contributed by atoms with Gasteiger partial charge < -0.3 is 59.9 Å². The van der Waals surface area contributed by atoms with Crippen LogP contribution < -0.4 is 10.2 Å². The first kappa shape index (κ1) is 52.8. The van der Waals surface area contributed by atoms with E-state index in [0.29, 0.717) is 0 Å². The largest absolute Gasteiger partial charge is 2.00 e. The summed E-state index contributed by atoms with van der Waals surface area (Å²) in [6, 6.07) is 32.9. The number of rotatable bonds is 6. The summed E-state index contributed by atoms with van der Waals surface area (Å²) in [6.45, 7) is 0. The molecule has 6 heterocycles. The van der Waals surface area contributed by atoms with E-state index in [2.05, 4.69) is 59.8 Å². The van der Waals surface area contributed by atoms with Gasteiger partial charge in [0.1, 0.15) is 0 Å². The molecule has 0 amide bonds. The number of nitrogens with one attached hydrogen (secondary N) is 6. The number of hydrogen-bond donors (Lipinski definition) is 8. The second-order valence-corrected chi connectivity index (χ2v) is 12.0. The Balaban J connectivity index is 0.000000275. The van der Waals surface area contributed by atoms with Crippen LogP contribution in [0.3, 0.4) is 0 Å². The molecular formula is C46H46N12O6Zn. The van der Waals surface area contributed by atoms with Crippen molar-refractivity contribution in [1.82, 2.24) is 59.8 Å². The molecule has 0 aliphatic carbocycles. The number of aromatic nitrogens is 12. The van der Waals surface area contributed by atoms with Crippen LogP contribution in [0.25, 0.3) is 0 Å². The van der Waals surface area contributed by atoms with Gasteiger partial charge in [-0.15, -0.1) is 0 Å². The van der Waals surface area contributed by atoms with Gasteiger partial charge in [-0.25, -0.2) is 29.9 Å². The van der Waals surface area contributed by atoms with E-state index in [-0.39, 0.29) is 41.7 Å². The van der Waals surface area contributed by atoms with Crippen LogP contribution in [0, 0.1) is 0 Å². The minimum Gasteiger partial charge on any atom is -0.546 e. The van der Waals surface area contributed by atoms with Gasteiger partial charge in [0.05, 0.1) is 49.9 Å². The number of benzene rings is 4. The Kier molecular flexibility index (Phi) is 26.3. The molecule has 0 fully saturated rings. The second-order valence-electron chi connectivity index (χ2n) is 12.0. The third-order valence-electron chi connectivity index (χ3n) is 7.79. The van der Waals surface area contributed by atoms with Crippen molar-refractivity contribution in [2.45, 2.75) is 11.2 Å². The van der Waals surface area contributed by atoms with Crippen molar-refractivity contribution >= 4 is 11.9 Å². The molecular weight excluding hydrogens is 882 g/mol. The Labute approximate surface area is 386 Å². The van der Waals surface area contributed by atoms with Gasteiger partial charge in [-0.1, -0.05) is 121 Å². The molecule has 6 aromatic heterocycles. The number of imidazole rings is 6. The Bertz CT molecular complexity index is 1980. The first-order valence-corrected chi connectivity index (χ1v) is 19.0. The maximum atomic E-state index is 11.3. The van der Waals surface area contributed by atoms with Crippen molar-refractivity contribution in [3.05, 3.63) is 256 Å². The minimum atomic E-state index is -2.11. The van der Waals surface area contributed by atoms with Crippen LogP contribution in [0.15, 0.2) is 234 Å². The monoisotopic (exact) mass is 926 g/mol. The molecule has 65 heavy (non-hydrogen) atoms. The van der Waals surface area contributed by atoms with Crippen molar-refractivity contribution in [2.24, 2.45) is 0 Å². The summed E-state index contributed by atoms with van der Waals surface area (Å²) >= 11 is 0. The fraction of sp³-hybridized carbons (Fsp3) is 0.0435. The van der Waals surface area contributed by atoms with Gasteiger partial charge in [0, 0.05) is 74.4 Å². The number of aliphatic hydroxyl groups is 2. The fourth-order valence-electron chi connectivity index (χ4n) is 4.81. The summed E-state index contributed by atoms with van der Waals surface area (Å²) in [7, 11) is 0. The SMILES string of the molecule is O=C([O-])C(O)(c1ccccc1)c1ccccc1.O=C([O-])C(O)(c1ccccc1)c1ccccc1.[Zn+2].c1c[nH]cn1.c1c[nH]cn1.c1c[nH]cn1.c1c[nH]cn1.c1c[nH]cn1.c1c[nH]cn1. The van der Waals surface area contributed by atoms with Crippen LogP contribution in [0.5, 0.6) is 0 Å². The van der Waals surface area contributed by atoms with E-state index >= 15 is 0 Å². The number of aromatic amines is 6. The number of carboxylic acid groups (broad SMARTS) is 2. The summed E-state index contributed by atoms with van der Waals surface area (Å²) in [6.07, 6.45) is 30.5. The van der Waals surface area contributed by atoms with Crippen LogP contribution in [0.4, 0.5) is 0 Å². The van der Waals surface area contributed by atoms with Crippen molar-refractivity contribution in [2.75, 3.05) is 0 Å². The van der Waals surface area contributed by atoms with Gasteiger partial charge >= 0.3 is 19.5 Å². The number of aliphatic carboxylic acids is 2. The average Bonchev–Trinajstić information content (AvgIpc) is 4.22. The molecule has 0 saturated heterocycles. The van der Waals surface area contributed by atoms with Crippen LogP contribution in [0.2, 0.25) is 0 Å². The molecule has 19 heteroatoms. The molecule has 10 rings (SSSR count). The van der Waals surface area contributed by atoms with Crippen molar-refractivity contribution in [3.63, 3.8) is 0 Å². The number of carboxylic acids is 2. The summed E-state index contributed by atoms with van der Waals surface area (Å²) < 4.78 is 0. The zero-order valence-electron chi connectivity index (χ0n) is 34.9. The van der Waals surface area contributed by atoms with E-state index in [4.69, 9.17) is 0 Å². The summed E-state index contributed by atoms with van der Waals surface area (Å²) in [5.41, 5.74) is -3.08. The quantitative estimate of drug-likeness (QED) is 0.111. The zero-order chi connectivity index (χ0) is 45.8. The Morgan fingerprint density at radius 2 is 0.523 bits per heavy atom. The van der Waals surface area contributed by atoms with Crippen molar-refractivity contribution in [3.8, 4) is 0 Å². The zero-order valence-corrected chi connectivity index (χ0v) is 37.8. The molecule has 0 aliphatic rings. The Morgan fingerprint density at radius 1 is 0.354 bits per heavy atom. The fourth-order valence-corrected chi connectivity index (χ4v) is 4.81. The molecule has 328 valence electrons. The van der Waals surface area contributed by atoms with E-state index in [0.717, 1.165) is 0 Å². The van der Waals surface area contributed by atoms with Gasteiger partial charge in [-0.05, 0) is 22.3 Å². The van der Waals surface area contributed by atoms with Crippen molar-refractivity contribution in [1.29, 1.82) is 0 Å². The number of carbonyl (C=O) groups is 2. The standard InChI is InChI=1S/2C14H12O3.6C3H4N2.Zn/c2*15-13(16)14(17,11-7-3-1-4-8-11)12-9-5-2-6-10-12;6*1-2-5-3-4-1;/h2*1-10,17H,(H,15,16);6*1-3H,(H,4,5);/q;;;;;;;;+2/p-2. The van der Waals surface area contributed by atoms with Crippen LogP contribution in [-0.4, -0.2) is 82.0 Å². The van der Waals surface area contributed by atoms with Gasteiger partial charge in [-0.2, -0.15) is 0 Å². The molecule has 10 aromatic rings. The molecule has 4 aromatic carbocycles. The van der Waals surface area contributed by atoms with E-state index in [9.17, 15) is 30.0 Å². The maximum Gasteiger partial charge on any atom is 2.00 e. The van der Waals surface area contributed by atoms with E-state index < -0.39 is 23.1 Å². The number of carbonyl (C=O) groups excluding carboxylic acids is 2. The topological polar surface area (TPSA) is 293 Å². The molecule has 0 spiro atoms. The molecule has 0 aliphatic heterocycles.